The smallest absolute Gasteiger partial charge is 0.264 e. The van der Waals surface area contributed by atoms with E-state index >= 15 is 0 Å². The lowest BCUT2D eigenvalue weighted by Crippen LogP contribution is -2.17. The zero-order valence-electron chi connectivity index (χ0n) is 12.6. The molecule has 3 N–H and O–H groups in total. The Kier molecular flexibility index (Phi) is 16.3. The van der Waals surface area contributed by atoms with E-state index in [0.29, 0.717) is 19.4 Å². The maximum Gasteiger partial charge on any atom is 0.264 e. The van der Waals surface area contributed by atoms with Gasteiger partial charge in [-0.3, -0.25) is 13.8 Å². The maximum absolute atomic E-state index is 10.7. The third-order valence-corrected chi connectivity index (χ3v) is 2.64. The highest BCUT2D eigenvalue weighted by Gasteiger charge is 2.22. The van der Waals surface area contributed by atoms with Gasteiger partial charge in [0.25, 0.3) is 10.1 Å². The summed E-state index contributed by atoms with van der Waals surface area (Å²) in [5.74, 6) is -0.262. The van der Waals surface area contributed by atoms with Crippen LogP contribution in [0.3, 0.4) is 0 Å². The monoisotopic (exact) mass is 326 g/mol. The SMILES string of the molecule is C.CC.CCCC(N)=O.CS(=O)(=O)OCC1CNC(=O)C1. The first-order chi connectivity index (χ1) is 9.24. The van der Waals surface area contributed by atoms with Crippen molar-refractivity contribution < 1.29 is 22.2 Å². The maximum atomic E-state index is 10.7. The van der Waals surface area contributed by atoms with E-state index in [1.165, 1.54) is 0 Å². The fraction of sp³-hybridized carbons (Fsp3) is 0.846. The summed E-state index contributed by atoms with van der Waals surface area (Å²) in [6.07, 6.45) is 2.72. The van der Waals surface area contributed by atoms with Crippen LogP contribution >= 0.6 is 0 Å². The van der Waals surface area contributed by atoms with Gasteiger partial charge in [0, 0.05) is 25.3 Å². The second kappa shape index (κ2) is 13.8. The van der Waals surface area contributed by atoms with Gasteiger partial charge >= 0.3 is 0 Å². The molecule has 128 valence electrons. The summed E-state index contributed by atoms with van der Waals surface area (Å²) in [6, 6.07) is 0. The van der Waals surface area contributed by atoms with Crippen molar-refractivity contribution in [2.75, 3.05) is 19.4 Å². The topological polar surface area (TPSA) is 116 Å². The van der Waals surface area contributed by atoms with E-state index < -0.39 is 10.1 Å². The van der Waals surface area contributed by atoms with Crippen LogP contribution in [0.1, 0.15) is 47.5 Å². The Bertz CT molecular complexity index is 382. The molecule has 21 heavy (non-hydrogen) atoms. The Morgan fingerprint density at radius 2 is 1.95 bits per heavy atom. The molecule has 8 heteroatoms. The van der Waals surface area contributed by atoms with Gasteiger partial charge in [-0.1, -0.05) is 28.2 Å². The van der Waals surface area contributed by atoms with Crippen molar-refractivity contribution in [3.05, 3.63) is 0 Å². The van der Waals surface area contributed by atoms with Crippen LogP contribution in [0, 0.1) is 5.92 Å². The molecule has 1 atom stereocenters. The van der Waals surface area contributed by atoms with Gasteiger partial charge in [-0.2, -0.15) is 8.42 Å². The summed E-state index contributed by atoms with van der Waals surface area (Å²) in [7, 11) is -3.37. The number of primary amides is 1. The molecule has 7 nitrogen and oxygen atoms in total. The van der Waals surface area contributed by atoms with E-state index in [2.05, 4.69) is 9.50 Å². The average Bonchev–Trinajstić information content (AvgIpc) is 2.75. The molecule has 0 saturated carbocycles. The summed E-state index contributed by atoms with van der Waals surface area (Å²) >= 11 is 0. The zero-order valence-corrected chi connectivity index (χ0v) is 13.5. The second-order valence-electron chi connectivity index (χ2n) is 4.08. The number of nitrogens with one attached hydrogen (secondary N) is 1. The van der Waals surface area contributed by atoms with Gasteiger partial charge in [0.05, 0.1) is 12.9 Å². The fourth-order valence-corrected chi connectivity index (χ4v) is 1.69. The van der Waals surface area contributed by atoms with Crippen molar-refractivity contribution in [3.8, 4) is 0 Å². The number of rotatable bonds is 5. The largest absolute Gasteiger partial charge is 0.370 e. The second-order valence-corrected chi connectivity index (χ2v) is 5.72. The van der Waals surface area contributed by atoms with E-state index in [0.717, 1.165) is 12.7 Å². The van der Waals surface area contributed by atoms with Gasteiger partial charge in [-0.15, -0.1) is 0 Å². The highest BCUT2D eigenvalue weighted by Crippen LogP contribution is 2.09. The predicted octanol–water partition coefficient (Wildman–Crippen LogP) is 1.03. The highest BCUT2D eigenvalue weighted by molar-refractivity contribution is 7.85. The molecule has 0 aliphatic carbocycles. The first kappa shape index (κ1) is 24.8. The van der Waals surface area contributed by atoms with Gasteiger partial charge in [0.1, 0.15) is 0 Å². The lowest BCUT2D eigenvalue weighted by molar-refractivity contribution is -0.119. The van der Waals surface area contributed by atoms with E-state index in [9.17, 15) is 18.0 Å². The van der Waals surface area contributed by atoms with Crippen molar-refractivity contribution >= 4 is 21.9 Å². The predicted molar refractivity (Wildman–Crippen MR) is 84.1 cm³/mol. The quantitative estimate of drug-likeness (QED) is 0.732. The molecule has 2 amide bonds. The van der Waals surface area contributed by atoms with Crippen LogP contribution < -0.4 is 11.1 Å². The molecule has 0 bridgehead atoms. The Morgan fingerprint density at radius 1 is 1.43 bits per heavy atom. The normalized spacial score (nSPS) is 16.4. The van der Waals surface area contributed by atoms with Crippen molar-refractivity contribution in [3.63, 3.8) is 0 Å². The van der Waals surface area contributed by atoms with Crippen LogP contribution in [0.2, 0.25) is 0 Å². The Hall–Kier alpha value is -1.15. The summed E-state index contributed by atoms with van der Waals surface area (Å²) < 4.78 is 25.6. The number of amides is 2. The molecule has 1 heterocycles. The van der Waals surface area contributed by atoms with Gasteiger partial charge in [-0.05, 0) is 6.42 Å². The Morgan fingerprint density at radius 3 is 2.19 bits per heavy atom. The van der Waals surface area contributed by atoms with Crippen LogP contribution in [0.15, 0.2) is 0 Å². The van der Waals surface area contributed by atoms with Gasteiger partial charge in [0.15, 0.2) is 0 Å². The van der Waals surface area contributed by atoms with Gasteiger partial charge < -0.3 is 11.1 Å². The molecular weight excluding hydrogens is 296 g/mol. The number of hydrogen-bond donors (Lipinski definition) is 2. The third kappa shape index (κ3) is 18.9. The minimum atomic E-state index is -3.37. The first-order valence-corrected chi connectivity index (χ1v) is 8.45. The van der Waals surface area contributed by atoms with Crippen LogP contribution in [0.4, 0.5) is 0 Å². The number of nitrogens with two attached hydrogens (primary N) is 1. The summed E-state index contributed by atoms with van der Waals surface area (Å²) in [5.41, 5.74) is 4.76. The lowest BCUT2D eigenvalue weighted by Gasteiger charge is -2.05. The molecule has 0 radical (unpaired) electrons. The molecule has 1 aliphatic rings. The van der Waals surface area contributed by atoms with Crippen LogP contribution in [-0.2, 0) is 23.9 Å². The van der Waals surface area contributed by atoms with Crippen molar-refractivity contribution in [1.82, 2.24) is 5.32 Å². The summed E-state index contributed by atoms with van der Waals surface area (Å²) in [4.78, 5) is 20.5. The van der Waals surface area contributed by atoms with Gasteiger partial charge in [-0.25, -0.2) is 0 Å². The van der Waals surface area contributed by atoms with Crippen molar-refractivity contribution in [1.29, 1.82) is 0 Å². The molecule has 1 unspecified atom stereocenters. The number of hydrogen-bond acceptors (Lipinski definition) is 5. The highest BCUT2D eigenvalue weighted by atomic mass is 32.2. The van der Waals surface area contributed by atoms with Crippen LogP contribution in [-0.4, -0.2) is 39.6 Å². The van der Waals surface area contributed by atoms with Crippen LogP contribution in [0.5, 0.6) is 0 Å². The van der Waals surface area contributed by atoms with Crippen molar-refractivity contribution in [2.24, 2.45) is 11.7 Å². The standard InChI is InChI=1S/C6H11NO4S.C4H9NO.C2H6.CH4/c1-12(9,10)11-4-5-2-6(8)7-3-5;1-2-3-4(5)6;1-2;/h5H,2-4H2,1H3,(H,7,8);2-3H2,1H3,(H2,5,6);1-2H3;1H4. The molecule has 0 aromatic carbocycles. The Labute approximate surface area is 128 Å². The zero-order chi connectivity index (χ0) is 16.2. The molecule has 1 rings (SSSR count). The fourth-order valence-electron chi connectivity index (χ4n) is 1.25. The number of carbonyl (C=O) groups is 2. The van der Waals surface area contributed by atoms with Crippen LogP contribution in [0.25, 0.3) is 0 Å². The third-order valence-electron chi connectivity index (χ3n) is 2.08. The summed E-state index contributed by atoms with van der Waals surface area (Å²) in [5, 5.41) is 2.59. The molecular formula is C13H30N2O5S. The number of carbonyl (C=O) groups excluding carboxylic acids is 2. The van der Waals surface area contributed by atoms with Crippen molar-refractivity contribution in [2.45, 2.75) is 47.5 Å². The van der Waals surface area contributed by atoms with E-state index in [1.807, 2.05) is 20.8 Å². The molecule has 1 saturated heterocycles. The summed E-state index contributed by atoms with van der Waals surface area (Å²) in [6.45, 7) is 6.52. The minimum absolute atomic E-state index is 0. The molecule has 0 aromatic heterocycles. The molecule has 0 spiro atoms. The average molecular weight is 326 g/mol. The van der Waals surface area contributed by atoms with E-state index in [-0.39, 0.29) is 31.8 Å². The molecule has 0 aromatic rings. The van der Waals surface area contributed by atoms with E-state index in [1.54, 1.807) is 0 Å². The van der Waals surface area contributed by atoms with Gasteiger partial charge in [0.2, 0.25) is 11.8 Å². The first-order valence-electron chi connectivity index (χ1n) is 6.64. The molecule has 1 aliphatic heterocycles. The molecule has 1 fully saturated rings. The lowest BCUT2D eigenvalue weighted by atomic mass is 10.1. The Balaban J connectivity index is -0.000000309. The minimum Gasteiger partial charge on any atom is -0.370 e. The van der Waals surface area contributed by atoms with E-state index in [4.69, 9.17) is 5.73 Å².